The Kier molecular flexibility index (Phi) is 4.57. The van der Waals surface area contributed by atoms with E-state index in [-0.39, 0.29) is 9.20 Å². The van der Waals surface area contributed by atoms with Crippen LogP contribution in [0.2, 0.25) is 0 Å². The first-order valence-corrected chi connectivity index (χ1v) is 6.70. The van der Waals surface area contributed by atoms with Gasteiger partial charge in [0.1, 0.15) is 0 Å². The van der Waals surface area contributed by atoms with E-state index in [0.29, 0.717) is 0 Å². The van der Waals surface area contributed by atoms with E-state index in [1.165, 1.54) is 24.3 Å². The number of sulfonamides is 1. The summed E-state index contributed by atoms with van der Waals surface area (Å²) in [4.78, 5) is -0.217. The van der Waals surface area contributed by atoms with Gasteiger partial charge in [0, 0.05) is 7.05 Å². The summed E-state index contributed by atoms with van der Waals surface area (Å²) < 4.78 is 73.8. The van der Waals surface area contributed by atoms with Crippen LogP contribution in [0.25, 0.3) is 0 Å². The molecule has 0 saturated heterocycles. The van der Waals surface area contributed by atoms with E-state index in [4.69, 9.17) is 0 Å². The van der Waals surface area contributed by atoms with E-state index in [0.717, 1.165) is 12.6 Å². The summed E-state index contributed by atoms with van der Waals surface area (Å²) in [5.41, 5.74) is 0.791. The van der Waals surface area contributed by atoms with Crippen LogP contribution in [0.1, 0.15) is 5.56 Å². The second-order valence-corrected chi connectivity index (χ2v) is 6.18. The molecule has 0 fully saturated rings. The molecular formula is C11H13F4NO2S. The zero-order chi connectivity index (χ0) is 14.8. The van der Waals surface area contributed by atoms with Crippen molar-refractivity contribution in [2.45, 2.75) is 24.2 Å². The highest BCUT2D eigenvalue weighted by Gasteiger charge is 2.44. The minimum absolute atomic E-state index is 0.217. The van der Waals surface area contributed by atoms with Crippen molar-refractivity contribution < 1.29 is 26.0 Å². The predicted molar refractivity (Wildman–Crippen MR) is 61.9 cm³/mol. The zero-order valence-corrected chi connectivity index (χ0v) is 11.1. The third-order valence-corrected chi connectivity index (χ3v) is 4.30. The average Bonchev–Trinajstić information content (AvgIpc) is 2.28. The molecule has 0 aliphatic heterocycles. The van der Waals surface area contributed by atoms with Crippen LogP contribution in [-0.2, 0) is 10.0 Å². The van der Waals surface area contributed by atoms with Crippen LogP contribution in [0, 0.1) is 6.92 Å². The fraction of sp³-hybridized carbons (Fsp3) is 0.455. The predicted octanol–water partition coefficient (Wildman–Crippen LogP) is 2.52. The highest BCUT2D eigenvalue weighted by molar-refractivity contribution is 7.89. The van der Waals surface area contributed by atoms with Gasteiger partial charge in [-0.2, -0.15) is 13.1 Å². The molecule has 0 radical (unpaired) electrons. The van der Waals surface area contributed by atoms with Crippen LogP contribution in [-0.4, -0.2) is 38.7 Å². The lowest BCUT2D eigenvalue weighted by Crippen LogP contribution is -2.42. The van der Waals surface area contributed by atoms with Crippen LogP contribution in [0.5, 0.6) is 0 Å². The van der Waals surface area contributed by atoms with Gasteiger partial charge in [-0.25, -0.2) is 17.2 Å². The molecule has 1 aromatic rings. The lowest BCUT2D eigenvalue weighted by Gasteiger charge is -2.23. The Morgan fingerprint density at radius 3 is 2.11 bits per heavy atom. The third kappa shape index (κ3) is 3.66. The molecule has 3 nitrogen and oxygen atoms in total. The largest absolute Gasteiger partial charge is 0.320 e. The first kappa shape index (κ1) is 15.9. The van der Waals surface area contributed by atoms with Crippen molar-refractivity contribution in [2.24, 2.45) is 0 Å². The normalized spacial score (nSPS) is 13.3. The fourth-order valence-corrected chi connectivity index (χ4v) is 2.52. The van der Waals surface area contributed by atoms with Crippen LogP contribution < -0.4 is 0 Å². The summed E-state index contributed by atoms with van der Waals surface area (Å²) >= 11 is 0. The van der Waals surface area contributed by atoms with E-state index in [1.807, 2.05) is 0 Å². The monoisotopic (exact) mass is 299 g/mol. The molecule has 0 unspecified atom stereocenters. The third-order valence-electron chi connectivity index (χ3n) is 2.48. The average molecular weight is 299 g/mol. The van der Waals surface area contributed by atoms with E-state index >= 15 is 0 Å². The van der Waals surface area contributed by atoms with Gasteiger partial charge in [0.05, 0.1) is 11.4 Å². The Morgan fingerprint density at radius 1 is 1.21 bits per heavy atom. The van der Waals surface area contributed by atoms with Crippen LogP contribution in [0.15, 0.2) is 29.2 Å². The van der Waals surface area contributed by atoms with Gasteiger partial charge in [-0.3, -0.25) is 0 Å². The van der Waals surface area contributed by atoms with Crippen LogP contribution in [0.4, 0.5) is 17.6 Å². The molecular weight excluding hydrogens is 286 g/mol. The zero-order valence-electron chi connectivity index (χ0n) is 10.3. The summed E-state index contributed by atoms with van der Waals surface area (Å²) in [5, 5.41) is 0. The number of rotatable bonds is 5. The maximum Gasteiger partial charge on any atom is 0.320 e. The van der Waals surface area contributed by atoms with Gasteiger partial charge in [-0.05, 0) is 19.1 Å². The van der Waals surface area contributed by atoms with Crippen LogP contribution in [0.3, 0.4) is 0 Å². The van der Waals surface area contributed by atoms with Crippen molar-refractivity contribution in [1.29, 1.82) is 0 Å². The Balaban J connectivity index is 2.98. The minimum Gasteiger partial charge on any atom is -0.207 e. The number of benzene rings is 1. The summed E-state index contributed by atoms with van der Waals surface area (Å²) in [6, 6.07) is 5.46. The molecule has 0 amide bonds. The number of hydrogen-bond donors (Lipinski definition) is 0. The second kappa shape index (κ2) is 5.46. The standard InChI is InChI=1S/C11H13F4NO2S/c1-8-3-5-9(6-4-8)19(17,18)16(2)7-11(14,15)10(12)13/h3-6,10H,7H2,1-2H3. The number of nitrogens with zero attached hydrogens (tertiary/aromatic N) is 1. The number of halogens is 4. The van der Waals surface area contributed by atoms with Crippen molar-refractivity contribution in [3.63, 3.8) is 0 Å². The highest BCUT2D eigenvalue weighted by Crippen LogP contribution is 2.26. The summed E-state index contributed by atoms with van der Waals surface area (Å²) in [5.74, 6) is -4.38. The van der Waals surface area contributed by atoms with Crippen LogP contribution >= 0.6 is 0 Å². The first-order chi connectivity index (χ1) is 8.57. The lowest BCUT2D eigenvalue weighted by atomic mass is 10.2. The molecule has 108 valence electrons. The van der Waals surface area contributed by atoms with Gasteiger partial charge >= 0.3 is 12.3 Å². The van der Waals surface area contributed by atoms with E-state index in [1.54, 1.807) is 6.92 Å². The smallest absolute Gasteiger partial charge is 0.207 e. The van der Waals surface area contributed by atoms with Crippen molar-refractivity contribution in [3.05, 3.63) is 29.8 Å². The van der Waals surface area contributed by atoms with Gasteiger partial charge in [-0.15, -0.1) is 0 Å². The fourth-order valence-electron chi connectivity index (χ4n) is 1.34. The van der Waals surface area contributed by atoms with Gasteiger partial charge < -0.3 is 0 Å². The molecule has 0 spiro atoms. The molecule has 1 rings (SSSR count). The topological polar surface area (TPSA) is 37.4 Å². The van der Waals surface area contributed by atoms with E-state index < -0.39 is 28.9 Å². The Labute approximate surface area is 108 Å². The van der Waals surface area contributed by atoms with Gasteiger partial charge in [-0.1, -0.05) is 17.7 Å². The Hall–Kier alpha value is -1.15. The first-order valence-electron chi connectivity index (χ1n) is 5.26. The molecule has 0 aliphatic carbocycles. The Morgan fingerprint density at radius 2 is 1.68 bits per heavy atom. The number of hydrogen-bond acceptors (Lipinski definition) is 2. The molecule has 0 heterocycles. The molecule has 1 aromatic carbocycles. The quantitative estimate of drug-likeness (QED) is 0.784. The summed E-state index contributed by atoms with van der Waals surface area (Å²) in [6.07, 6.45) is -3.91. The maximum absolute atomic E-state index is 12.9. The second-order valence-electron chi connectivity index (χ2n) is 4.14. The number of aryl methyl sites for hydroxylation is 1. The van der Waals surface area contributed by atoms with Gasteiger partial charge in [0.25, 0.3) is 0 Å². The SMILES string of the molecule is Cc1ccc(S(=O)(=O)N(C)CC(F)(F)C(F)F)cc1. The van der Waals surface area contributed by atoms with Crippen molar-refractivity contribution >= 4 is 10.0 Å². The van der Waals surface area contributed by atoms with Crippen molar-refractivity contribution in [2.75, 3.05) is 13.6 Å². The minimum atomic E-state index is -4.38. The molecule has 0 atom stereocenters. The van der Waals surface area contributed by atoms with E-state index in [9.17, 15) is 26.0 Å². The molecule has 8 heteroatoms. The Bertz CT molecular complexity index is 528. The highest BCUT2D eigenvalue weighted by atomic mass is 32.2. The molecule has 0 aromatic heterocycles. The maximum atomic E-state index is 12.9. The molecule has 0 N–H and O–H groups in total. The number of alkyl halides is 4. The van der Waals surface area contributed by atoms with Crippen molar-refractivity contribution in [1.82, 2.24) is 4.31 Å². The summed E-state index contributed by atoms with van der Waals surface area (Å²) in [6.45, 7) is 0.159. The van der Waals surface area contributed by atoms with Gasteiger partial charge in [0.15, 0.2) is 0 Å². The summed E-state index contributed by atoms with van der Waals surface area (Å²) in [7, 11) is -3.36. The molecule has 0 aliphatic rings. The molecule has 0 bridgehead atoms. The molecule has 0 saturated carbocycles. The molecule has 19 heavy (non-hydrogen) atoms. The van der Waals surface area contributed by atoms with Crippen molar-refractivity contribution in [3.8, 4) is 0 Å². The van der Waals surface area contributed by atoms with E-state index in [2.05, 4.69) is 0 Å². The lowest BCUT2D eigenvalue weighted by molar-refractivity contribution is -0.132. The van der Waals surface area contributed by atoms with Gasteiger partial charge in [0.2, 0.25) is 10.0 Å².